The molecule has 0 aliphatic carbocycles. The molecule has 3 rings (SSSR count). The Labute approximate surface area is 115 Å². The van der Waals surface area contributed by atoms with Gasteiger partial charge >= 0.3 is 12.0 Å². The maximum atomic E-state index is 11.3. The van der Waals surface area contributed by atoms with Crippen LogP contribution in [0.5, 0.6) is 0 Å². The largest absolute Gasteiger partial charge is 0.494 e. The van der Waals surface area contributed by atoms with Crippen LogP contribution in [-0.2, 0) is 9.31 Å². The lowest BCUT2D eigenvalue weighted by Crippen LogP contribution is -2.41. The number of hydrogen-bond donors (Lipinski definition) is 1. The molecule has 1 aromatic carbocycles. The van der Waals surface area contributed by atoms with Crippen molar-refractivity contribution in [2.24, 2.45) is 0 Å². The van der Waals surface area contributed by atoms with Crippen LogP contribution in [0.25, 0.3) is 10.2 Å². The van der Waals surface area contributed by atoms with Gasteiger partial charge in [-0.1, -0.05) is 17.4 Å². The van der Waals surface area contributed by atoms with Crippen LogP contribution >= 0.6 is 11.3 Å². The number of H-pyrrole nitrogens is 1. The summed E-state index contributed by atoms with van der Waals surface area (Å²) < 4.78 is 12.9. The zero-order chi connectivity index (χ0) is 13.8. The fraction of sp³-hybridized carbons (Fsp3) is 0.462. The van der Waals surface area contributed by atoms with Crippen LogP contribution in [0, 0.1) is 0 Å². The van der Waals surface area contributed by atoms with Gasteiger partial charge in [-0.25, -0.2) is 0 Å². The average Bonchev–Trinajstić information content (AvgIpc) is 2.74. The van der Waals surface area contributed by atoms with Crippen LogP contribution in [-0.4, -0.2) is 23.3 Å². The van der Waals surface area contributed by atoms with Gasteiger partial charge in [-0.2, -0.15) is 0 Å². The monoisotopic (exact) mass is 277 g/mol. The predicted octanol–water partition coefficient (Wildman–Crippen LogP) is 1.89. The first-order valence-electron chi connectivity index (χ1n) is 6.27. The Bertz CT molecular complexity index is 672. The van der Waals surface area contributed by atoms with E-state index >= 15 is 0 Å². The van der Waals surface area contributed by atoms with Crippen molar-refractivity contribution < 1.29 is 9.31 Å². The molecule has 100 valence electrons. The SMILES string of the molecule is CC1(C)OB(c2ccc3[nH]c(=O)sc3c2)OC1(C)C. The highest BCUT2D eigenvalue weighted by Gasteiger charge is 2.51. The minimum atomic E-state index is -0.383. The smallest absolute Gasteiger partial charge is 0.399 e. The van der Waals surface area contributed by atoms with E-state index in [1.54, 1.807) is 0 Å². The Morgan fingerprint density at radius 2 is 1.79 bits per heavy atom. The molecule has 0 unspecified atom stereocenters. The Morgan fingerprint density at radius 1 is 1.16 bits per heavy atom. The third-order valence-corrected chi connectivity index (χ3v) is 4.82. The summed E-state index contributed by atoms with van der Waals surface area (Å²) in [4.78, 5) is 14.1. The highest BCUT2D eigenvalue weighted by molar-refractivity contribution is 7.16. The molecule has 1 aliphatic rings. The lowest BCUT2D eigenvalue weighted by Gasteiger charge is -2.32. The van der Waals surface area contributed by atoms with Gasteiger partial charge in [0.2, 0.25) is 0 Å². The summed E-state index contributed by atoms with van der Waals surface area (Å²) in [5.41, 5.74) is 1.10. The molecule has 1 aliphatic heterocycles. The molecule has 0 radical (unpaired) electrons. The number of hydrogen-bond acceptors (Lipinski definition) is 4. The molecule has 0 bridgehead atoms. The van der Waals surface area contributed by atoms with E-state index in [1.807, 2.05) is 45.9 Å². The van der Waals surface area contributed by atoms with Gasteiger partial charge in [0.25, 0.3) is 0 Å². The van der Waals surface area contributed by atoms with E-state index in [4.69, 9.17) is 9.31 Å². The third kappa shape index (κ3) is 2.04. The van der Waals surface area contributed by atoms with Crippen LogP contribution < -0.4 is 10.3 Å². The van der Waals surface area contributed by atoms with Crippen LogP contribution in [0.2, 0.25) is 0 Å². The van der Waals surface area contributed by atoms with E-state index in [0.717, 1.165) is 15.7 Å². The lowest BCUT2D eigenvalue weighted by atomic mass is 9.79. The quantitative estimate of drug-likeness (QED) is 0.810. The Balaban J connectivity index is 2.00. The molecule has 4 nitrogen and oxygen atoms in total. The van der Waals surface area contributed by atoms with E-state index in [9.17, 15) is 4.79 Å². The van der Waals surface area contributed by atoms with Gasteiger partial charge in [0.1, 0.15) is 0 Å². The average molecular weight is 277 g/mol. The topological polar surface area (TPSA) is 51.3 Å². The summed E-state index contributed by atoms with van der Waals surface area (Å²) in [6, 6.07) is 5.79. The molecule has 0 amide bonds. The molecule has 19 heavy (non-hydrogen) atoms. The van der Waals surface area contributed by atoms with E-state index in [2.05, 4.69) is 4.98 Å². The van der Waals surface area contributed by atoms with Crippen molar-refractivity contribution >= 4 is 34.1 Å². The summed E-state index contributed by atoms with van der Waals surface area (Å²) in [6.45, 7) is 8.11. The predicted molar refractivity (Wildman–Crippen MR) is 78.2 cm³/mol. The highest BCUT2D eigenvalue weighted by atomic mass is 32.1. The van der Waals surface area contributed by atoms with Crippen molar-refractivity contribution in [1.29, 1.82) is 0 Å². The molecular weight excluding hydrogens is 261 g/mol. The first-order chi connectivity index (χ1) is 8.78. The second-order valence-electron chi connectivity index (χ2n) is 5.86. The van der Waals surface area contributed by atoms with Crippen molar-refractivity contribution in [3.05, 3.63) is 27.9 Å². The first-order valence-corrected chi connectivity index (χ1v) is 7.09. The van der Waals surface area contributed by atoms with E-state index in [-0.39, 0.29) is 23.2 Å². The van der Waals surface area contributed by atoms with Gasteiger partial charge in [0.15, 0.2) is 0 Å². The Hall–Kier alpha value is -1.11. The number of benzene rings is 1. The molecule has 1 N–H and O–H groups in total. The number of nitrogens with one attached hydrogen (secondary N) is 1. The number of aromatic nitrogens is 1. The maximum absolute atomic E-state index is 11.3. The van der Waals surface area contributed by atoms with Crippen LogP contribution in [0.4, 0.5) is 0 Å². The highest BCUT2D eigenvalue weighted by Crippen LogP contribution is 2.36. The van der Waals surface area contributed by atoms with Crippen molar-refractivity contribution in [3.8, 4) is 0 Å². The Morgan fingerprint density at radius 3 is 2.42 bits per heavy atom. The normalized spacial score (nSPS) is 21.2. The zero-order valence-electron chi connectivity index (χ0n) is 11.4. The van der Waals surface area contributed by atoms with Gasteiger partial charge < -0.3 is 14.3 Å². The standard InChI is InChI=1S/C13H16BNO3S/c1-12(2)13(3,4)18-14(17-12)8-5-6-9-10(7-8)19-11(16)15-9/h5-7H,1-4H3,(H,15,16). The molecule has 1 fully saturated rings. The summed E-state index contributed by atoms with van der Waals surface area (Å²) in [7, 11) is -0.383. The lowest BCUT2D eigenvalue weighted by molar-refractivity contribution is 0.00578. The van der Waals surface area contributed by atoms with Crippen molar-refractivity contribution in [1.82, 2.24) is 4.98 Å². The second kappa shape index (κ2) is 3.94. The number of thiazole rings is 1. The molecule has 1 aromatic heterocycles. The van der Waals surface area contributed by atoms with Crippen LogP contribution in [0.15, 0.2) is 23.0 Å². The summed E-state index contributed by atoms with van der Waals surface area (Å²) in [5, 5.41) is 0. The summed E-state index contributed by atoms with van der Waals surface area (Å²) >= 11 is 1.20. The molecular formula is C13H16BNO3S. The zero-order valence-corrected chi connectivity index (χ0v) is 12.3. The fourth-order valence-electron chi connectivity index (χ4n) is 2.09. The molecule has 1 saturated heterocycles. The fourth-order valence-corrected chi connectivity index (χ4v) is 2.87. The van der Waals surface area contributed by atoms with Gasteiger partial charge in [-0.3, -0.25) is 4.79 Å². The summed E-state index contributed by atoms with van der Waals surface area (Å²) in [5.74, 6) is 0. The third-order valence-electron chi connectivity index (χ3n) is 3.97. The minimum absolute atomic E-state index is 0.0407. The van der Waals surface area contributed by atoms with E-state index < -0.39 is 0 Å². The minimum Gasteiger partial charge on any atom is -0.399 e. The maximum Gasteiger partial charge on any atom is 0.494 e. The van der Waals surface area contributed by atoms with Crippen molar-refractivity contribution in [2.45, 2.75) is 38.9 Å². The van der Waals surface area contributed by atoms with Gasteiger partial charge in [-0.15, -0.1) is 0 Å². The molecule has 6 heteroatoms. The molecule has 0 saturated carbocycles. The van der Waals surface area contributed by atoms with E-state index in [0.29, 0.717) is 0 Å². The van der Waals surface area contributed by atoms with E-state index in [1.165, 1.54) is 11.3 Å². The number of rotatable bonds is 1. The second-order valence-corrected chi connectivity index (χ2v) is 6.87. The van der Waals surface area contributed by atoms with Gasteiger partial charge in [0, 0.05) is 0 Å². The van der Waals surface area contributed by atoms with Crippen LogP contribution in [0.1, 0.15) is 27.7 Å². The molecule has 0 atom stereocenters. The van der Waals surface area contributed by atoms with Gasteiger partial charge in [-0.05, 0) is 45.3 Å². The number of aromatic amines is 1. The first kappa shape index (κ1) is 12.9. The molecule has 0 spiro atoms. The van der Waals surface area contributed by atoms with Crippen molar-refractivity contribution in [2.75, 3.05) is 0 Å². The molecule has 2 heterocycles. The number of fused-ring (bicyclic) bond motifs is 1. The molecule has 2 aromatic rings. The Kier molecular flexibility index (Phi) is 2.68. The van der Waals surface area contributed by atoms with Gasteiger partial charge in [0.05, 0.1) is 21.4 Å². The van der Waals surface area contributed by atoms with Crippen LogP contribution in [0.3, 0.4) is 0 Å². The van der Waals surface area contributed by atoms with Crippen molar-refractivity contribution in [3.63, 3.8) is 0 Å². The summed E-state index contributed by atoms with van der Waals surface area (Å²) in [6.07, 6.45) is 0.